The molecule has 2 unspecified atom stereocenters. The summed E-state index contributed by atoms with van der Waals surface area (Å²) in [6, 6.07) is 0.611. The molecule has 0 aromatic heterocycles. The van der Waals surface area contributed by atoms with Crippen molar-refractivity contribution in [2.45, 2.75) is 56.2 Å². The third-order valence-corrected chi connectivity index (χ3v) is 6.48. The summed E-state index contributed by atoms with van der Waals surface area (Å²) in [5.41, 5.74) is 0. The van der Waals surface area contributed by atoms with Crippen molar-refractivity contribution in [3.8, 4) is 0 Å². The van der Waals surface area contributed by atoms with Crippen molar-refractivity contribution in [1.82, 2.24) is 15.5 Å². The monoisotopic (exact) mass is 326 g/mol. The Labute approximate surface area is 140 Å². The first-order chi connectivity index (χ1) is 10.7. The van der Waals surface area contributed by atoms with Crippen LogP contribution in [-0.4, -0.2) is 62.1 Å². The third kappa shape index (κ3) is 5.65. The zero-order chi connectivity index (χ0) is 15.8. The standard InChI is InChI=1S/C17H34N4S/c1-18-17(19-12-15-10-7-11-22-15)20-13-16(21(2)3)14-8-5-4-6-9-14/h14-16H,4-13H2,1-3H3,(H2,18,19,20). The van der Waals surface area contributed by atoms with Gasteiger partial charge in [0.25, 0.3) is 0 Å². The largest absolute Gasteiger partial charge is 0.355 e. The normalized spacial score (nSPS) is 25.5. The van der Waals surface area contributed by atoms with E-state index < -0.39 is 0 Å². The van der Waals surface area contributed by atoms with Gasteiger partial charge in [-0.05, 0) is 51.4 Å². The van der Waals surface area contributed by atoms with Crippen molar-refractivity contribution in [3.63, 3.8) is 0 Å². The minimum Gasteiger partial charge on any atom is -0.355 e. The maximum atomic E-state index is 4.39. The van der Waals surface area contributed by atoms with Crippen molar-refractivity contribution in [2.75, 3.05) is 40.0 Å². The summed E-state index contributed by atoms with van der Waals surface area (Å²) in [5.74, 6) is 3.12. The molecule has 2 aliphatic rings. The number of nitrogens with one attached hydrogen (secondary N) is 2. The lowest BCUT2D eigenvalue weighted by atomic mass is 9.83. The number of aliphatic imine (C=N–C) groups is 1. The summed E-state index contributed by atoms with van der Waals surface area (Å²) >= 11 is 2.09. The van der Waals surface area contributed by atoms with Crippen LogP contribution in [-0.2, 0) is 0 Å². The average Bonchev–Trinajstić information content (AvgIpc) is 3.04. The molecule has 1 heterocycles. The molecule has 4 nitrogen and oxygen atoms in total. The second-order valence-electron chi connectivity index (χ2n) is 6.90. The summed E-state index contributed by atoms with van der Waals surface area (Å²) in [6.07, 6.45) is 9.71. The number of likely N-dealkylation sites (N-methyl/N-ethyl adjacent to an activating group) is 1. The smallest absolute Gasteiger partial charge is 0.191 e. The molecule has 0 spiro atoms. The Morgan fingerprint density at radius 3 is 2.50 bits per heavy atom. The van der Waals surface area contributed by atoms with E-state index in [-0.39, 0.29) is 0 Å². The van der Waals surface area contributed by atoms with Crippen molar-refractivity contribution in [1.29, 1.82) is 0 Å². The lowest BCUT2D eigenvalue weighted by molar-refractivity contribution is 0.171. The zero-order valence-corrected chi connectivity index (χ0v) is 15.4. The average molecular weight is 327 g/mol. The van der Waals surface area contributed by atoms with E-state index in [1.807, 2.05) is 7.05 Å². The topological polar surface area (TPSA) is 39.7 Å². The number of rotatable bonds is 6. The van der Waals surface area contributed by atoms with Crippen LogP contribution in [0.15, 0.2) is 4.99 Å². The van der Waals surface area contributed by atoms with Gasteiger partial charge >= 0.3 is 0 Å². The highest BCUT2D eigenvalue weighted by Crippen LogP contribution is 2.28. The quantitative estimate of drug-likeness (QED) is 0.581. The number of thioether (sulfide) groups is 1. The maximum Gasteiger partial charge on any atom is 0.191 e. The highest BCUT2D eigenvalue weighted by atomic mass is 32.2. The Morgan fingerprint density at radius 1 is 1.14 bits per heavy atom. The Bertz CT molecular complexity index is 334. The van der Waals surface area contributed by atoms with Crippen LogP contribution < -0.4 is 10.6 Å². The third-order valence-electron chi connectivity index (χ3n) is 5.08. The van der Waals surface area contributed by atoms with Gasteiger partial charge in [-0.15, -0.1) is 0 Å². The summed E-state index contributed by atoms with van der Waals surface area (Å²) in [4.78, 5) is 6.78. The van der Waals surface area contributed by atoms with Crippen LogP contribution >= 0.6 is 11.8 Å². The first-order valence-corrected chi connectivity index (χ1v) is 9.98. The van der Waals surface area contributed by atoms with Crippen LogP contribution in [0.5, 0.6) is 0 Å². The zero-order valence-electron chi connectivity index (χ0n) is 14.6. The molecule has 2 rings (SSSR count). The van der Waals surface area contributed by atoms with Crippen LogP contribution in [0.25, 0.3) is 0 Å². The first kappa shape index (κ1) is 17.9. The van der Waals surface area contributed by atoms with E-state index in [0.29, 0.717) is 6.04 Å². The van der Waals surface area contributed by atoms with Crippen LogP contribution in [0.4, 0.5) is 0 Å². The molecule has 22 heavy (non-hydrogen) atoms. The van der Waals surface area contributed by atoms with E-state index in [9.17, 15) is 0 Å². The second kappa shape index (κ2) is 9.66. The summed E-state index contributed by atoms with van der Waals surface area (Å²) in [5, 5.41) is 7.83. The summed E-state index contributed by atoms with van der Waals surface area (Å²) in [6.45, 7) is 2.04. The van der Waals surface area contributed by atoms with Crippen LogP contribution in [0, 0.1) is 5.92 Å². The molecule has 0 radical (unpaired) electrons. The summed E-state index contributed by atoms with van der Waals surface area (Å²) in [7, 11) is 6.31. The molecule has 0 bridgehead atoms. The molecule has 2 atom stereocenters. The number of hydrogen-bond acceptors (Lipinski definition) is 3. The van der Waals surface area contributed by atoms with Crippen molar-refractivity contribution in [2.24, 2.45) is 10.9 Å². The van der Waals surface area contributed by atoms with E-state index in [0.717, 1.165) is 30.2 Å². The molecule has 0 aromatic rings. The fourth-order valence-corrected chi connectivity index (χ4v) is 4.93. The minimum absolute atomic E-state index is 0.611. The summed E-state index contributed by atoms with van der Waals surface area (Å²) < 4.78 is 0. The van der Waals surface area contributed by atoms with Gasteiger partial charge in [0.05, 0.1) is 0 Å². The Hall–Kier alpha value is -0.420. The van der Waals surface area contributed by atoms with Crippen LogP contribution in [0.2, 0.25) is 0 Å². The maximum absolute atomic E-state index is 4.39. The van der Waals surface area contributed by atoms with Gasteiger partial charge in [-0.1, -0.05) is 19.3 Å². The van der Waals surface area contributed by atoms with Gasteiger partial charge in [0.2, 0.25) is 0 Å². The highest BCUT2D eigenvalue weighted by molar-refractivity contribution is 8.00. The van der Waals surface area contributed by atoms with Gasteiger partial charge in [0, 0.05) is 31.4 Å². The molecule has 2 fully saturated rings. The molecule has 0 amide bonds. The number of hydrogen-bond donors (Lipinski definition) is 2. The second-order valence-corrected chi connectivity index (χ2v) is 8.31. The highest BCUT2D eigenvalue weighted by Gasteiger charge is 2.25. The molecule has 1 saturated carbocycles. The van der Waals surface area contributed by atoms with Crippen LogP contribution in [0.3, 0.4) is 0 Å². The number of guanidine groups is 1. The Kier molecular flexibility index (Phi) is 7.87. The van der Waals surface area contributed by atoms with Gasteiger partial charge in [0.15, 0.2) is 5.96 Å². The van der Waals surface area contributed by atoms with E-state index in [1.165, 1.54) is 50.7 Å². The molecule has 1 aliphatic heterocycles. The lowest BCUT2D eigenvalue weighted by Gasteiger charge is -2.35. The Balaban J connectivity index is 1.76. The fraction of sp³-hybridized carbons (Fsp3) is 0.941. The molecule has 2 N–H and O–H groups in total. The molecule has 1 saturated heterocycles. The van der Waals surface area contributed by atoms with E-state index in [2.05, 4.69) is 46.4 Å². The van der Waals surface area contributed by atoms with E-state index in [4.69, 9.17) is 0 Å². The molecule has 128 valence electrons. The van der Waals surface area contributed by atoms with Gasteiger partial charge in [-0.25, -0.2) is 0 Å². The van der Waals surface area contributed by atoms with Gasteiger partial charge in [-0.3, -0.25) is 4.99 Å². The van der Waals surface area contributed by atoms with E-state index in [1.54, 1.807) is 0 Å². The van der Waals surface area contributed by atoms with E-state index >= 15 is 0 Å². The fourth-order valence-electron chi connectivity index (χ4n) is 3.73. The predicted molar refractivity (Wildman–Crippen MR) is 98.9 cm³/mol. The van der Waals surface area contributed by atoms with Crippen molar-refractivity contribution < 1.29 is 0 Å². The molecular formula is C17H34N4S. The van der Waals surface area contributed by atoms with Crippen molar-refractivity contribution in [3.05, 3.63) is 0 Å². The van der Waals surface area contributed by atoms with Gasteiger partial charge in [0.1, 0.15) is 0 Å². The van der Waals surface area contributed by atoms with Gasteiger partial charge < -0.3 is 15.5 Å². The first-order valence-electron chi connectivity index (χ1n) is 8.93. The molecule has 0 aromatic carbocycles. The SMILES string of the molecule is CN=C(NCC1CCCS1)NCC(C1CCCCC1)N(C)C. The predicted octanol–water partition coefficient (Wildman–Crippen LogP) is 2.56. The van der Waals surface area contributed by atoms with Gasteiger partial charge in [-0.2, -0.15) is 11.8 Å². The minimum atomic E-state index is 0.611. The molecular weight excluding hydrogens is 292 g/mol. The van der Waals surface area contributed by atoms with Crippen LogP contribution in [0.1, 0.15) is 44.9 Å². The lowest BCUT2D eigenvalue weighted by Crippen LogP contribution is -2.49. The molecule has 1 aliphatic carbocycles. The Morgan fingerprint density at radius 2 is 1.91 bits per heavy atom. The van der Waals surface area contributed by atoms with Crippen molar-refractivity contribution >= 4 is 17.7 Å². The number of nitrogens with zero attached hydrogens (tertiary/aromatic N) is 2. The molecule has 5 heteroatoms.